The van der Waals surface area contributed by atoms with Crippen LogP contribution < -0.4 is 0 Å². The fourth-order valence-electron chi connectivity index (χ4n) is 5.59. The molecule has 0 heterocycles. The number of carboxylic acids is 1. The maximum atomic E-state index is 12.9. The number of unbranched alkanes of at least 4 members (excludes halogenated alkanes) is 24. The van der Waals surface area contributed by atoms with Gasteiger partial charge in [-0.3, -0.25) is 14.5 Å². The lowest BCUT2D eigenvalue weighted by Crippen LogP contribution is -2.50. The van der Waals surface area contributed by atoms with Gasteiger partial charge in [0.2, 0.25) is 11.8 Å². The van der Waals surface area contributed by atoms with Gasteiger partial charge in [-0.2, -0.15) is 0 Å². The Labute approximate surface area is 253 Å². The van der Waals surface area contributed by atoms with Crippen LogP contribution in [0, 0.1) is 0 Å². The lowest BCUT2D eigenvalue weighted by Gasteiger charge is -2.26. The van der Waals surface area contributed by atoms with Gasteiger partial charge in [0.25, 0.3) is 0 Å². The first-order valence-corrected chi connectivity index (χ1v) is 17.7. The second-order valence-corrected chi connectivity index (χ2v) is 12.2. The molecule has 0 spiro atoms. The minimum Gasteiger partial charge on any atom is -0.480 e. The van der Waals surface area contributed by atoms with Gasteiger partial charge in [-0.05, 0) is 12.8 Å². The smallest absolute Gasteiger partial charge is 0.329 e. The molecule has 0 saturated carbocycles. The van der Waals surface area contributed by atoms with E-state index in [0.29, 0.717) is 12.8 Å². The number of nitrogens with zero attached hydrogens (tertiary/aromatic N) is 1. The van der Waals surface area contributed by atoms with E-state index >= 15 is 0 Å². The highest BCUT2D eigenvalue weighted by atomic mass is 16.4. The third-order valence-corrected chi connectivity index (χ3v) is 8.30. The molecule has 242 valence electrons. The van der Waals surface area contributed by atoms with Crippen LogP contribution >= 0.6 is 0 Å². The summed E-state index contributed by atoms with van der Waals surface area (Å²) in [5, 5.41) is 19.1. The van der Waals surface area contributed by atoms with Crippen LogP contribution in [-0.2, 0) is 14.4 Å². The van der Waals surface area contributed by atoms with Crippen LogP contribution in [0.3, 0.4) is 0 Å². The number of hydrogen-bond donors (Lipinski definition) is 2. The zero-order chi connectivity index (χ0) is 30.4. The number of aliphatic hydroxyl groups excluding tert-OH is 1. The number of aliphatic hydroxyl groups is 1. The van der Waals surface area contributed by atoms with Gasteiger partial charge in [0.1, 0.15) is 0 Å². The van der Waals surface area contributed by atoms with Crippen LogP contribution in [0.5, 0.6) is 0 Å². The van der Waals surface area contributed by atoms with Crippen molar-refractivity contribution in [1.29, 1.82) is 0 Å². The summed E-state index contributed by atoms with van der Waals surface area (Å²) in [4.78, 5) is 38.2. The number of carbonyl (C=O) groups excluding carboxylic acids is 2. The summed E-state index contributed by atoms with van der Waals surface area (Å²) in [6, 6.07) is -1.49. The summed E-state index contributed by atoms with van der Waals surface area (Å²) in [6.07, 6.45) is 31.5. The molecule has 0 bridgehead atoms. The quantitative estimate of drug-likeness (QED) is 0.0795. The second-order valence-electron chi connectivity index (χ2n) is 12.2. The predicted octanol–water partition coefficient (Wildman–Crippen LogP) is 9.75. The average molecular weight is 582 g/mol. The van der Waals surface area contributed by atoms with Gasteiger partial charge < -0.3 is 10.2 Å². The van der Waals surface area contributed by atoms with Crippen molar-refractivity contribution in [3.8, 4) is 0 Å². The van der Waals surface area contributed by atoms with Crippen molar-refractivity contribution in [2.24, 2.45) is 0 Å². The largest absolute Gasteiger partial charge is 0.480 e. The Kier molecular flexibility index (Phi) is 29.0. The molecule has 0 aliphatic carbocycles. The van der Waals surface area contributed by atoms with Crippen molar-refractivity contribution < 1.29 is 24.6 Å². The number of carboxylic acid groups (broad SMARTS) is 1. The van der Waals surface area contributed by atoms with Crippen LogP contribution in [0.2, 0.25) is 0 Å². The minimum absolute atomic E-state index is 0.159. The topological polar surface area (TPSA) is 94.9 Å². The number of hydrogen-bond acceptors (Lipinski definition) is 4. The third kappa shape index (κ3) is 23.8. The summed E-state index contributed by atoms with van der Waals surface area (Å²) in [5.74, 6) is -2.26. The van der Waals surface area contributed by atoms with Crippen molar-refractivity contribution >= 4 is 17.8 Å². The molecule has 6 heteroatoms. The Balaban J connectivity index is 4.09. The van der Waals surface area contributed by atoms with Crippen molar-refractivity contribution in [1.82, 2.24) is 4.90 Å². The first-order valence-electron chi connectivity index (χ1n) is 17.7. The molecule has 0 aromatic carbocycles. The van der Waals surface area contributed by atoms with Gasteiger partial charge in [0, 0.05) is 12.8 Å². The van der Waals surface area contributed by atoms with E-state index in [0.717, 1.165) is 43.4 Å². The minimum atomic E-state index is -1.49. The molecular formula is C35H67NO5. The summed E-state index contributed by atoms with van der Waals surface area (Å²) >= 11 is 0. The van der Waals surface area contributed by atoms with Gasteiger partial charge in [-0.15, -0.1) is 0 Å². The molecule has 0 rings (SSSR count). The number of carbonyl (C=O) groups is 3. The molecule has 0 saturated heterocycles. The number of imide groups is 1. The molecule has 0 fully saturated rings. The van der Waals surface area contributed by atoms with Gasteiger partial charge >= 0.3 is 5.97 Å². The van der Waals surface area contributed by atoms with Crippen molar-refractivity contribution in [3.05, 3.63) is 0 Å². The highest BCUT2D eigenvalue weighted by Crippen LogP contribution is 2.17. The normalized spacial score (nSPS) is 12.0. The molecule has 41 heavy (non-hydrogen) atoms. The van der Waals surface area contributed by atoms with Crippen LogP contribution in [0.25, 0.3) is 0 Å². The first-order chi connectivity index (χ1) is 20.0. The Morgan fingerprint density at radius 2 is 0.707 bits per heavy atom. The summed E-state index contributed by atoms with van der Waals surface area (Å²) < 4.78 is 0. The molecule has 0 aromatic rings. The molecule has 0 radical (unpaired) electrons. The van der Waals surface area contributed by atoms with Crippen LogP contribution in [-0.4, -0.2) is 45.5 Å². The van der Waals surface area contributed by atoms with Gasteiger partial charge in [-0.1, -0.05) is 168 Å². The highest BCUT2D eigenvalue weighted by Gasteiger charge is 2.33. The van der Waals surface area contributed by atoms with E-state index in [-0.39, 0.29) is 12.8 Å². The van der Waals surface area contributed by atoms with Crippen molar-refractivity contribution in [2.75, 3.05) is 6.61 Å². The van der Waals surface area contributed by atoms with E-state index in [1.165, 1.54) is 116 Å². The zero-order valence-electron chi connectivity index (χ0n) is 27.1. The monoisotopic (exact) mass is 582 g/mol. The van der Waals surface area contributed by atoms with Crippen molar-refractivity contribution in [2.45, 2.75) is 200 Å². The summed E-state index contributed by atoms with van der Waals surface area (Å²) in [5.41, 5.74) is 0. The molecule has 6 nitrogen and oxygen atoms in total. The second kappa shape index (κ2) is 30.0. The zero-order valence-corrected chi connectivity index (χ0v) is 27.1. The lowest BCUT2D eigenvalue weighted by molar-refractivity contribution is -0.160. The maximum Gasteiger partial charge on any atom is 0.329 e. The van der Waals surface area contributed by atoms with Crippen LogP contribution in [0.4, 0.5) is 0 Å². The van der Waals surface area contributed by atoms with Crippen LogP contribution in [0.15, 0.2) is 0 Å². The number of amides is 2. The molecule has 0 unspecified atom stereocenters. The fraction of sp³-hybridized carbons (Fsp3) is 0.914. The SMILES string of the molecule is CCCCCCCCCCCCCCCC(=O)N(C(=O)CCCCCCCCCCCCCCC)[C@@H](CO)C(=O)O. The Morgan fingerprint density at radius 3 is 0.927 bits per heavy atom. The Morgan fingerprint density at radius 1 is 0.463 bits per heavy atom. The Bertz CT molecular complexity index is 582. The van der Waals surface area contributed by atoms with E-state index in [9.17, 15) is 24.6 Å². The molecule has 0 aromatic heterocycles. The molecule has 0 aliphatic heterocycles. The number of aliphatic carboxylic acids is 1. The molecular weight excluding hydrogens is 514 g/mol. The first kappa shape index (κ1) is 39.6. The van der Waals surface area contributed by atoms with E-state index in [4.69, 9.17) is 0 Å². The van der Waals surface area contributed by atoms with Crippen molar-refractivity contribution in [3.63, 3.8) is 0 Å². The third-order valence-electron chi connectivity index (χ3n) is 8.30. The van der Waals surface area contributed by atoms with Gasteiger partial charge in [0.15, 0.2) is 6.04 Å². The molecule has 2 amide bonds. The van der Waals surface area contributed by atoms with E-state index < -0.39 is 30.4 Å². The van der Waals surface area contributed by atoms with E-state index in [1.54, 1.807) is 0 Å². The van der Waals surface area contributed by atoms with E-state index in [1.807, 2.05) is 0 Å². The van der Waals surface area contributed by atoms with Gasteiger partial charge in [0.05, 0.1) is 6.61 Å². The average Bonchev–Trinajstić information content (AvgIpc) is 2.96. The standard InChI is InChI=1S/C35H67NO5/c1-3-5-7-9-11-13-15-17-19-21-23-25-27-29-33(38)36(32(31-37)35(40)41)34(39)30-28-26-24-22-20-18-16-14-12-10-8-6-4-2/h32,37H,3-31H2,1-2H3,(H,40,41)/t32-/m0/s1. The number of rotatable bonds is 31. The van der Waals surface area contributed by atoms with Crippen LogP contribution in [0.1, 0.15) is 194 Å². The summed E-state index contributed by atoms with van der Waals surface area (Å²) in [7, 11) is 0. The van der Waals surface area contributed by atoms with E-state index in [2.05, 4.69) is 13.8 Å². The molecule has 1 atom stereocenters. The molecule has 0 aliphatic rings. The lowest BCUT2D eigenvalue weighted by atomic mass is 10.0. The fourth-order valence-corrected chi connectivity index (χ4v) is 5.59. The Hall–Kier alpha value is -1.43. The summed E-state index contributed by atoms with van der Waals surface area (Å²) in [6.45, 7) is 3.74. The van der Waals surface area contributed by atoms with Gasteiger partial charge in [-0.25, -0.2) is 4.79 Å². The predicted molar refractivity (Wildman–Crippen MR) is 171 cm³/mol. The maximum absolute atomic E-state index is 12.9. The highest BCUT2D eigenvalue weighted by molar-refractivity contribution is 5.99. The molecule has 2 N–H and O–H groups in total.